The van der Waals surface area contributed by atoms with Gasteiger partial charge in [0.1, 0.15) is 17.5 Å². The largest absolute Gasteiger partial charge is 0.344 e. The summed E-state index contributed by atoms with van der Waals surface area (Å²) in [5.74, 6) is 2.96. The van der Waals surface area contributed by atoms with Gasteiger partial charge in [-0.25, -0.2) is 0 Å². The molecule has 46 heavy (non-hydrogen) atoms. The monoisotopic (exact) mass is 623 g/mol. The van der Waals surface area contributed by atoms with Crippen molar-refractivity contribution in [2.45, 2.75) is 62.3 Å². The van der Waals surface area contributed by atoms with Gasteiger partial charge in [0.25, 0.3) is 0 Å². The molecule has 0 atom stereocenters. The van der Waals surface area contributed by atoms with Gasteiger partial charge in [-0.15, -0.1) is 0 Å². The van der Waals surface area contributed by atoms with Gasteiger partial charge in [-0.3, -0.25) is 19.9 Å². The third-order valence-electron chi connectivity index (χ3n) is 7.30. The van der Waals surface area contributed by atoms with Gasteiger partial charge < -0.3 is 16.0 Å². The number of hydrogen-bond donors (Lipinski definition) is 3. The number of para-hydroxylation sites is 3. The molecule has 0 aliphatic carbocycles. The van der Waals surface area contributed by atoms with Gasteiger partial charge in [0, 0.05) is 52.9 Å². The molecule has 248 valence electrons. The summed E-state index contributed by atoms with van der Waals surface area (Å²) >= 11 is 0. The van der Waals surface area contributed by atoms with Crippen molar-refractivity contribution in [3.63, 3.8) is 0 Å². The summed E-state index contributed by atoms with van der Waals surface area (Å²) in [4.78, 5) is 17.7. The number of nitrogens with zero attached hydrogens (tertiary/aromatic N) is 4. The predicted molar refractivity (Wildman–Crippen MR) is 202 cm³/mol. The molecule has 0 bridgehead atoms. The maximum atomic E-state index is 5.07. The van der Waals surface area contributed by atoms with Crippen molar-refractivity contribution >= 4 is 34.6 Å². The molecule has 3 aromatic carbocycles. The average molecular weight is 624 g/mol. The van der Waals surface area contributed by atoms with Crippen molar-refractivity contribution in [3.8, 4) is 0 Å². The third kappa shape index (κ3) is 13.2. The number of hydrogen-bond acceptors (Lipinski definition) is 4. The quantitative estimate of drug-likeness (QED) is 0.139. The van der Waals surface area contributed by atoms with Crippen molar-refractivity contribution in [3.05, 3.63) is 91.0 Å². The van der Waals surface area contributed by atoms with E-state index in [1.165, 1.54) is 0 Å². The molecule has 0 radical (unpaired) electrons. The van der Waals surface area contributed by atoms with E-state index in [9.17, 15) is 0 Å². The van der Waals surface area contributed by atoms with Crippen molar-refractivity contribution in [1.29, 1.82) is 0 Å². The fraction of sp³-hybridized carbons (Fsp3) is 0.462. The lowest BCUT2D eigenvalue weighted by Gasteiger charge is -2.26. The average Bonchev–Trinajstić information content (AvgIpc) is 2.99. The normalized spacial score (nSPS) is 13.6. The Hall–Kier alpha value is -3.97. The summed E-state index contributed by atoms with van der Waals surface area (Å²) in [6.07, 6.45) is 0. The Morgan fingerprint density at radius 1 is 0.435 bits per heavy atom. The van der Waals surface area contributed by atoms with Crippen LogP contribution in [0.1, 0.15) is 62.3 Å². The standard InChI is InChI=1S/C39H57N7/c1-37(2,3)34(43-31-19-13-10-14-20-31)40-25-28-46(29-26-41-35(38(4,5)6)44-32-21-15-11-16-22-32)30-27-42-36(39(7,8)9)45-33-23-17-12-18-24-33/h10-24H,25-30H2,1-9H3,(H,40,43)(H,41,44)(H,42,45). The Kier molecular flexibility index (Phi) is 13.6. The molecule has 0 unspecified atom stereocenters. The van der Waals surface area contributed by atoms with Gasteiger partial charge in [0.2, 0.25) is 0 Å². The van der Waals surface area contributed by atoms with Crippen LogP contribution in [0.25, 0.3) is 0 Å². The zero-order valence-corrected chi connectivity index (χ0v) is 29.7. The highest BCUT2D eigenvalue weighted by molar-refractivity contribution is 6.00. The van der Waals surface area contributed by atoms with E-state index in [4.69, 9.17) is 15.0 Å². The molecule has 7 heteroatoms. The van der Waals surface area contributed by atoms with E-state index >= 15 is 0 Å². The van der Waals surface area contributed by atoms with E-state index in [-0.39, 0.29) is 16.2 Å². The summed E-state index contributed by atoms with van der Waals surface area (Å²) in [6, 6.07) is 30.8. The van der Waals surface area contributed by atoms with Gasteiger partial charge in [0.15, 0.2) is 0 Å². The van der Waals surface area contributed by atoms with E-state index in [0.29, 0.717) is 19.6 Å². The van der Waals surface area contributed by atoms with E-state index in [1.807, 2.05) is 54.6 Å². The van der Waals surface area contributed by atoms with Crippen LogP contribution in [-0.2, 0) is 0 Å². The number of amidine groups is 3. The van der Waals surface area contributed by atoms with Gasteiger partial charge in [-0.05, 0) is 36.4 Å². The molecule has 7 nitrogen and oxygen atoms in total. The van der Waals surface area contributed by atoms with Crippen molar-refractivity contribution in [1.82, 2.24) is 4.90 Å². The molecule has 0 aromatic heterocycles. The van der Waals surface area contributed by atoms with Gasteiger partial charge >= 0.3 is 0 Å². The molecule has 3 aromatic rings. The minimum atomic E-state index is -0.106. The van der Waals surface area contributed by atoms with Crippen LogP contribution in [0.4, 0.5) is 17.1 Å². The van der Waals surface area contributed by atoms with Crippen LogP contribution in [0, 0.1) is 16.2 Å². The zero-order valence-electron chi connectivity index (χ0n) is 29.7. The van der Waals surface area contributed by atoms with Crippen LogP contribution in [0.15, 0.2) is 106 Å². The number of anilines is 3. The molecule has 3 N–H and O–H groups in total. The maximum Gasteiger partial charge on any atom is 0.106 e. The Morgan fingerprint density at radius 2 is 0.674 bits per heavy atom. The highest BCUT2D eigenvalue weighted by atomic mass is 15.2. The zero-order chi connectivity index (χ0) is 33.6. The third-order valence-corrected chi connectivity index (χ3v) is 7.30. The molecule has 0 aliphatic heterocycles. The Bertz CT molecular complexity index is 1220. The number of aliphatic imine (C=N–C) groups is 3. The first kappa shape index (κ1) is 36.5. The Labute approximate surface area is 278 Å². The second-order valence-corrected chi connectivity index (χ2v) is 14.8. The molecule has 0 spiro atoms. The van der Waals surface area contributed by atoms with Crippen LogP contribution in [0.2, 0.25) is 0 Å². The predicted octanol–water partition coefficient (Wildman–Crippen LogP) is 8.96. The first-order valence-electron chi connectivity index (χ1n) is 16.6. The van der Waals surface area contributed by atoms with Crippen LogP contribution in [0.3, 0.4) is 0 Å². The van der Waals surface area contributed by atoms with Crippen molar-refractivity contribution in [2.75, 3.05) is 55.2 Å². The van der Waals surface area contributed by atoms with Crippen LogP contribution in [-0.4, -0.2) is 61.7 Å². The SMILES string of the molecule is CC(C)(C)C(=NCCN(CCN=C(Nc1ccccc1)C(C)(C)C)CCN=C(Nc1ccccc1)C(C)(C)C)Nc1ccccc1. The maximum absolute atomic E-state index is 5.07. The Balaban J connectivity index is 1.77. The fourth-order valence-corrected chi connectivity index (χ4v) is 4.61. The summed E-state index contributed by atoms with van der Waals surface area (Å²) in [7, 11) is 0. The molecule has 0 amide bonds. The molecular formula is C39H57N7. The van der Waals surface area contributed by atoms with Crippen LogP contribution >= 0.6 is 0 Å². The highest BCUT2D eigenvalue weighted by Gasteiger charge is 2.22. The van der Waals surface area contributed by atoms with E-state index < -0.39 is 0 Å². The molecule has 0 heterocycles. The fourth-order valence-electron chi connectivity index (χ4n) is 4.61. The number of nitrogens with one attached hydrogen (secondary N) is 3. The van der Waals surface area contributed by atoms with E-state index in [0.717, 1.165) is 54.2 Å². The minimum absolute atomic E-state index is 0.106. The van der Waals surface area contributed by atoms with Gasteiger partial charge in [0.05, 0.1) is 19.6 Å². The highest BCUT2D eigenvalue weighted by Crippen LogP contribution is 2.21. The molecule has 0 saturated heterocycles. The smallest absolute Gasteiger partial charge is 0.106 e. The van der Waals surface area contributed by atoms with Crippen LogP contribution in [0.5, 0.6) is 0 Å². The lowest BCUT2D eigenvalue weighted by atomic mass is 9.94. The minimum Gasteiger partial charge on any atom is -0.344 e. The van der Waals surface area contributed by atoms with Gasteiger partial charge in [-0.2, -0.15) is 0 Å². The molecular weight excluding hydrogens is 566 g/mol. The van der Waals surface area contributed by atoms with Crippen molar-refractivity contribution < 1.29 is 0 Å². The molecule has 3 rings (SSSR count). The number of benzene rings is 3. The number of rotatable bonds is 12. The van der Waals surface area contributed by atoms with E-state index in [1.54, 1.807) is 0 Å². The first-order chi connectivity index (χ1) is 21.7. The van der Waals surface area contributed by atoms with Gasteiger partial charge in [-0.1, -0.05) is 117 Å². The molecule has 0 saturated carbocycles. The summed E-state index contributed by atoms with van der Waals surface area (Å²) in [6.45, 7) is 24.3. The van der Waals surface area contributed by atoms with Crippen LogP contribution < -0.4 is 16.0 Å². The molecule has 0 fully saturated rings. The summed E-state index contributed by atoms with van der Waals surface area (Å²) in [5.41, 5.74) is 2.84. The van der Waals surface area contributed by atoms with E-state index in [2.05, 4.69) is 120 Å². The van der Waals surface area contributed by atoms with Crippen molar-refractivity contribution in [2.24, 2.45) is 31.2 Å². The topological polar surface area (TPSA) is 76.4 Å². The lowest BCUT2D eigenvalue weighted by Crippen LogP contribution is -2.35. The Morgan fingerprint density at radius 3 is 0.891 bits per heavy atom. The second-order valence-electron chi connectivity index (χ2n) is 14.8. The first-order valence-corrected chi connectivity index (χ1v) is 16.6. The summed E-state index contributed by atoms with van der Waals surface area (Å²) < 4.78 is 0. The molecule has 0 aliphatic rings. The lowest BCUT2D eigenvalue weighted by molar-refractivity contribution is 0.297. The summed E-state index contributed by atoms with van der Waals surface area (Å²) in [5, 5.41) is 10.7. The second kappa shape index (κ2) is 17.1.